The van der Waals surface area contributed by atoms with Crippen molar-refractivity contribution in [2.75, 3.05) is 31.6 Å². The molecule has 0 aliphatic carbocycles. The second kappa shape index (κ2) is 6.80. The third kappa shape index (κ3) is 3.41. The maximum atomic E-state index is 6.12. The zero-order chi connectivity index (χ0) is 13.0. The summed E-state index contributed by atoms with van der Waals surface area (Å²) in [5.41, 5.74) is 1.30. The Morgan fingerprint density at radius 1 is 1.56 bits per heavy atom. The summed E-state index contributed by atoms with van der Waals surface area (Å²) < 4.78 is 0. The van der Waals surface area contributed by atoms with E-state index < -0.39 is 0 Å². The molecule has 1 aliphatic rings. The molecule has 0 bridgehead atoms. The van der Waals surface area contributed by atoms with E-state index in [2.05, 4.69) is 36.3 Å². The van der Waals surface area contributed by atoms with E-state index in [0.29, 0.717) is 12.1 Å². The standard InChI is InChI=1S/C14H21ClN2S/c1-3-16-14(11-5-4-6-12(15)9-11)13-10-18-8-7-17(13)2/h4-6,9,13-14,16H,3,7-8,10H2,1-2H3. The van der Waals surface area contributed by atoms with Crippen molar-refractivity contribution in [3.05, 3.63) is 34.9 Å². The fourth-order valence-electron chi connectivity index (χ4n) is 2.45. The molecule has 1 fully saturated rings. The van der Waals surface area contributed by atoms with Gasteiger partial charge in [0.1, 0.15) is 0 Å². The number of thioether (sulfide) groups is 1. The number of halogens is 1. The number of nitrogens with zero attached hydrogens (tertiary/aromatic N) is 1. The van der Waals surface area contributed by atoms with Crippen LogP contribution in [0.4, 0.5) is 0 Å². The van der Waals surface area contributed by atoms with Crippen LogP contribution in [0.2, 0.25) is 5.02 Å². The molecule has 1 aromatic carbocycles. The van der Waals surface area contributed by atoms with Gasteiger partial charge in [-0.05, 0) is 31.3 Å². The first kappa shape index (κ1) is 14.2. The Morgan fingerprint density at radius 3 is 3.06 bits per heavy atom. The van der Waals surface area contributed by atoms with Crippen molar-refractivity contribution in [3.63, 3.8) is 0 Å². The Hall–Kier alpha value is -0.220. The largest absolute Gasteiger partial charge is 0.309 e. The fraction of sp³-hybridized carbons (Fsp3) is 0.571. The average molecular weight is 285 g/mol. The molecule has 1 saturated heterocycles. The highest BCUT2D eigenvalue weighted by Crippen LogP contribution is 2.28. The summed E-state index contributed by atoms with van der Waals surface area (Å²) in [6.07, 6.45) is 0. The van der Waals surface area contributed by atoms with Gasteiger partial charge in [-0.25, -0.2) is 0 Å². The van der Waals surface area contributed by atoms with Crippen LogP contribution in [-0.2, 0) is 0 Å². The lowest BCUT2D eigenvalue weighted by Crippen LogP contribution is -2.47. The van der Waals surface area contributed by atoms with Crippen molar-refractivity contribution in [1.29, 1.82) is 0 Å². The highest BCUT2D eigenvalue weighted by molar-refractivity contribution is 7.99. The van der Waals surface area contributed by atoms with Gasteiger partial charge in [0, 0.05) is 35.2 Å². The number of hydrogen-bond acceptors (Lipinski definition) is 3. The fourth-order valence-corrected chi connectivity index (χ4v) is 3.92. The van der Waals surface area contributed by atoms with Gasteiger partial charge in [-0.15, -0.1) is 0 Å². The van der Waals surface area contributed by atoms with Gasteiger partial charge in [0.2, 0.25) is 0 Å². The molecule has 1 aliphatic heterocycles. The normalized spacial score (nSPS) is 22.9. The summed E-state index contributed by atoms with van der Waals surface area (Å²) in [6.45, 7) is 4.30. The molecule has 2 unspecified atom stereocenters. The number of rotatable bonds is 4. The zero-order valence-electron chi connectivity index (χ0n) is 11.0. The van der Waals surface area contributed by atoms with Crippen LogP contribution in [-0.4, -0.2) is 42.6 Å². The summed E-state index contributed by atoms with van der Waals surface area (Å²) >= 11 is 8.16. The van der Waals surface area contributed by atoms with Crippen molar-refractivity contribution >= 4 is 23.4 Å². The molecular formula is C14H21ClN2S. The van der Waals surface area contributed by atoms with Gasteiger partial charge in [0.05, 0.1) is 0 Å². The molecule has 1 aromatic rings. The Labute approximate surface area is 119 Å². The van der Waals surface area contributed by atoms with Crippen LogP contribution in [0.25, 0.3) is 0 Å². The smallest absolute Gasteiger partial charge is 0.0486 e. The maximum absolute atomic E-state index is 6.12. The summed E-state index contributed by atoms with van der Waals surface area (Å²) in [5, 5.41) is 4.43. The summed E-state index contributed by atoms with van der Waals surface area (Å²) in [4.78, 5) is 2.46. The van der Waals surface area contributed by atoms with Gasteiger partial charge in [-0.3, -0.25) is 4.90 Å². The molecule has 4 heteroatoms. The molecule has 2 nitrogen and oxygen atoms in total. The number of hydrogen-bond donors (Lipinski definition) is 1. The van der Waals surface area contributed by atoms with Crippen LogP contribution >= 0.6 is 23.4 Å². The minimum Gasteiger partial charge on any atom is -0.309 e. The molecular weight excluding hydrogens is 264 g/mol. The molecule has 100 valence electrons. The highest BCUT2D eigenvalue weighted by Gasteiger charge is 2.28. The van der Waals surface area contributed by atoms with Crippen LogP contribution < -0.4 is 5.32 Å². The lowest BCUT2D eigenvalue weighted by Gasteiger charge is -2.38. The number of likely N-dealkylation sites (N-methyl/N-ethyl adjacent to an activating group) is 2. The minimum absolute atomic E-state index is 0.367. The van der Waals surface area contributed by atoms with Crippen LogP contribution in [0.1, 0.15) is 18.5 Å². The molecule has 18 heavy (non-hydrogen) atoms. The Kier molecular flexibility index (Phi) is 5.37. The van der Waals surface area contributed by atoms with E-state index in [4.69, 9.17) is 11.6 Å². The molecule has 0 amide bonds. The van der Waals surface area contributed by atoms with Gasteiger partial charge in [0.25, 0.3) is 0 Å². The summed E-state index contributed by atoms with van der Waals surface area (Å²) in [6, 6.07) is 9.15. The Bertz CT molecular complexity index is 386. The van der Waals surface area contributed by atoms with Gasteiger partial charge in [-0.2, -0.15) is 11.8 Å². The van der Waals surface area contributed by atoms with E-state index in [-0.39, 0.29) is 0 Å². The minimum atomic E-state index is 0.367. The highest BCUT2D eigenvalue weighted by atomic mass is 35.5. The van der Waals surface area contributed by atoms with Gasteiger partial charge >= 0.3 is 0 Å². The number of benzene rings is 1. The monoisotopic (exact) mass is 284 g/mol. The number of nitrogens with one attached hydrogen (secondary N) is 1. The lowest BCUT2D eigenvalue weighted by molar-refractivity contribution is 0.217. The summed E-state index contributed by atoms with van der Waals surface area (Å²) in [7, 11) is 2.22. The third-order valence-electron chi connectivity index (χ3n) is 3.46. The van der Waals surface area contributed by atoms with E-state index in [1.54, 1.807) is 0 Å². The SMILES string of the molecule is CCNC(c1cccc(Cl)c1)C1CSCCN1C. The van der Waals surface area contributed by atoms with E-state index in [1.807, 2.05) is 23.9 Å². The van der Waals surface area contributed by atoms with Crippen molar-refractivity contribution in [3.8, 4) is 0 Å². The molecule has 1 N–H and O–H groups in total. The molecule has 0 saturated carbocycles. The second-order valence-electron chi connectivity index (χ2n) is 4.71. The second-order valence-corrected chi connectivity index (χ2v) is 6.30. The van der Waals surface area contributed by atoms with Gasteiger partial charge in [-0.1, -0.05) is 30.7 Å². The quantitative estimate of drug-likeness (QED) is 0.915. The van der Waals surface area contributed by atoms with Crippen LogP contribution in [0, 0.1) is 0 Å². The van der Waals surface area contributed by atoms with Crippen molar-refractivity contribution in [1.82, 2.24) is 10.2 Å². The maximum Gasteiger partial charge on any atom is 0.0486 e. The van der Waals surface area contributed by atoms with E-state index in [0.717, 1.165) is 18.1 Å². The van der Waals surface area contributed by atoms with Gasteiger partial charge < -0.3 is 5.32 Å². The first-order chi connectivity index (χ1) is 8.72. The Balaban J connectivity index is 2.21. The molecule has 2 atom stereocenters. The first-order valence-electron chi connectivity index (χ1n) is 6.49. The van der Waals surface area contributed by atoms with Crippen LogP contribution in [0.5, 0.6) is 0 Å². The van der Waals surface area contributed by atoms with E-state index in [1.165, 1.54) is 17.1 Å². The first-order valence-corrected chi connectivity index (χ1v) is 8.02. The Morgan fingerprint density at radius 2 is 2.39 bits per heavy atom. The van der Waals surface area contributed by atoms with Gasteiger partial charge in [0.15, 0.2) is 0 Å². The zero-order valence-corrected chi connectivity index (χ0v) is 12.6. The van der Waals surface area contributed by atoms with Crippen molar-refractivity contribution < 1.29 is 0 Å². The van der Waals surface area contributed by atoms with E-state index in [9.17, 15) is 0 Å². The van der Waals surface area contributed by atoms with E-state index >= 15 is 0 Å². The lowest BCUT2D eigenvalue weighted by atomic mass is 9.99. The average Bonchev–Trinajstić information content (AvgIpc) is 2.37. The predicted octanol–water partition coefficient (Wildman–Crippen LogP) is 3.04. The van der Waals surface area contributed by atoms with Crippen LogP contribution in [0.3, 0.4) is 0 Å². The van der Waals surface area contributed by atoms with Crippen molar-refractivity contribution in [2.24, 2.45) is 0 Å². The molecule has 0 spiro atoms. The third-order valence-corrected chi connectivity index (χ3v) is 4.74. The molecule has 0 aromatic heterocycles. The van der Waals surface area contributed by atoms with Crippen LogP contribution in [0.15, 0.2) is 24.3 Å². The molecule has 2 rings (SSSR count). The van der Waals surface area contributed by atoms with Crippen molar-refractivity contribution in [2.45, 2.75) is 19.0 Å². The molecule has 0 radical (unpaired) electrons. The summed E-state index contributed by atoms with van der Waals surface area (Å²) in [5.74, 6) is 2.42. The predicted molar refractivity (Wildman–Crippen MR) is 81.6 cm³/mol. The topological polar surface area (TPSA) is 15.3 Å². The molecule has 1 heterocycles.